The summed E-state index contributed by atoms with van der Waals surface area (Å²) in [5.41, 5.74) is -2.30. The van der Waals surface area contributed by atoms with Gasteiger partial charge in [0.1, 0.15) is 11.4 Å². The van der Waals surface area contributed by atoms with Gasteiger partial charge in [-0.2, -0.15) is 0 Å². The Balaban J connectivity index is 1.32. The van der Waals surface area contributed by atoms with Crippen LogP contribution in [0, 0.1) is 17.7 Å². The van der Waals surface area contributed by atoms with E-state index in [1.165, 1.54) is 12.1 Å². The molecule has 1 aromatic rings. The van der Waals surface area contributed by atoms with E-state index in [-0.39, 0.29) is 48.5 Å². The maximum atomic E-state index is 13.5. The first-order valence-electron chi connectivity index (χ1n) is 10.6. The van der Waals surface area contributed by atoms with Crippen LogP contribution in [-0.2, 0) is 20.9 Å². The molecule has 3 fully saturated rings. The van der Waals surface area contributed by atoms with Crippen molar-refractivity contribution in [2.24, 2.45) is 11.8 Å². The molecule has 32 heavy (non-hydrogen) atoms. The van der Waals surface area contributed by atoms with Crippen LogP contribution in [0.4, 0.5) is 9.18 Å². The highest BCUT2D eigenvalue weighted by Crippen LogP contribution is 2.51. The van der Waals surface area contributed by atoms with E-state index >= 15 is 0 Å². The molecule has 1 aliphatic carbocycles. The molecule has 2 heterocycles. The number of hydrogen-bond donors (Lipinski definition) is 2. The van der Waals surface area contributed by atoms with Crippen molar-refractivity contribution in [3.63, 3.8) is 0 Å². The minimum absolute atomic E-state index is 0.0205. The van der Waals surface area contributed by atoms with Gasteiger partial charge in [-0.15, -0.1) is 0 Å². The third-order valence-corrected chi connectivity index (χ3v) is 6.46. The molecule has 3 unspecified atom stereocenters. The minimum Gasteiger partial charge on any atom is -0.444 e. The Kier molecular flexibility index (Phi) is 5.61. The van der Waals surface area contributed by atoms with Crippen molar-refractivity contribution in [2.75, 3.05) is 19.6 Å². The van der Waals surface area contributed by atoms with E-state index in [1.807, 2.05) is 20.8 Å². The Morgan fingerprint density at radius 2 is 1.94 bits per heavy atom. The SMILES string of the molecule is CC(C)(C)OC(=O)N1CC2C(C1)C2N1CCC(O)(C(=O)NCc2cc(F)cc(Cl)c2)C1=O. The summed E-state index contributed by atoms with van der Waals surface area (Å²) in [6, 6.07) is 3.78. The maximum Gasteiger partial charge on any atom is 0.410 e. The number of fused-ring (bicyclic) bond motifs is 1. The third-order valence-electron chi connectivity index (χ3n) is 6.24. The van der Waals surface area contributed by atoms with Gasteiger partial charge in [-0.3, -0.25) is 9.59 Å². The van der Waals surface area contributed by atoms with Crippen molar-refractivity contribution in [3.8, 4) is 0 Å². The van der Waals surface area contributed by atoms with E-state index < -0.39 is 28.8 Å². The molecule has 2 saturated heterocycles. The van der Waals surface area contributed by atoms with Crippen LogP contribution in [0.15, 0.2) is 18.2 Å². The third kappa shape index (κ3) is 4.28. The molecule has 10 heteroatoms. The molecular formula is C22H27ClFN3O5. The van der Waals surface area contributed by atoms with Crippen molar-refractivity contribution < 1.29 is 28.6 Å². The van der Waals surface area contributed by atoms with Gasteiger partial charge in [0.25, 0.3) is 11.8 Å². The van der Waals surface area contributed by atoms with Gasteiger partial charge in [-0.25, -0.2) is 9.18 Å². The molecule has 4 rings (SSSR count). The summed E-state index contributed by atoms with van der Waals surface area (Å²) >= 11 is 5.82. The van der Waals surface area contributed by atoms with Crippen molar-refractivity contribution in [2.45, 2.75) is 51.0 Å². The Morgan fingerprint density at radius 3 is 2.53 bits per heavy atom. The first-order valence-corrected chi connectivity index (χ1v) is 11.0. The van der Waals surface area contributed by atoms with Crippen LogP contribution < -0.4 is 5.32 Å². The molecular weight excluding hydrogens is 441 g/mol. The minimum atomic E-state index is -2.15. The fourth-order valence-electron chi connectivity index (χ4n) is 4.70. The fourth-order valence-corrected chi connectivity index (χ4v) is 4.94. The number of nitrogens with zero attached hydrogens (tertiary/aromatic N) is 2. The van der Waals surface area contributed by atoms with Crippen molar-refractivity contribution >= 4 is 29.5 Å². The molecule has 174 valence electrons. The Bertz CT molecular complexity index is 935. The largest absolute Gasteiger partial charge is 0.444 e. The van der Waals surface area contributed by atoms with Gasteiger partial charge in [0.05, 0.1) is 0 Å². The van der Waals surface area contributed by atoms with E-state index in [0.29, 0.717) is 18.7 Å². The first kappa shape index (κ1) is 22.8. The zero-order valence-corrected chi connectivity index (χ0v) is 19.0. The van der Waals surface area contributed by atoms with Gasteiger partial charge in [0.15, 0.2) is 0 Å². The molecule has 3 aliphatic rings. The van der Waals surface area contributed by atoms with Gasteiger partial charge < -0.3 is 25.0 Å². The van der Waals surface area contributed by atoms with Crippen LogP contribution in [0.1, 0.15) is 32.8 Å². The molecule has 1 saturated carbocycles. The Labute approximate surface area is 190 Å². The van der Waals surface area contributed by atoms with E-state index in [2.05, 4.69) is 5.32 Å². The molecule has 3 atom stereocenters. The predicted molar refractivity (Wildman–Crippen MR) is 113 cm³/mol. The number of carbonyl (C=O) groups is 3. The smallest absolute Gasteiger partial charge is 0.410 e. The van der Waals surface area contributed by atoms with Gasteiger partial charge >= 0.3 is 6.09 Å². The zero-order valence-electron chi connectivity index (χ0n) is 18.2. The molecule has 3 amide bonds. The molecule has 8 nitrogen and oxygen atoms in total. The summed E-state index contributed by atoms with van der Waals surface area (Å²) in [6.07, 6.45) is -0.391. The second-order valence-electron chi connectivity index (χ2n) is 9.77. The van der Waals surface area contributed by atoms with E-state index in [9.17, 15) is 23.9 Å². The number of amides is 3. The summed E-state index contributed by atoms with van der Waals surface area (Å²) in [7, 11) is 0. The summed E-state index contributed by atoms with van der Waals surface area (Å²) in [5, 5.41) is 13.5. The summed E-state index contributed by atoms with van der Waals surface area (Å²) in [6.45, 7) is 6.59. The molecule has 0 spiro atoms. The van der Waals surface area contributed by atoms with Crippen molar-refractivity contribution in [3.05, 3.63) is 34.6 Å². The van der Waals surface area contributed by atoms with Crippen molar-refractivity contribution in [1.82, 2.24) is 15.1 Å². The average Bonchev–Trinajstić information content (AvgIpc) is 3.01. The Morgan fingerprint density at radius 1 is 1.28 bits per heavy atom. The van der Waals surface area contributed by atoms with Crippen LogP contribution >= 0.6 is 11.6 Å². The fraction of sp³-hybridized carbons (Fsp3) is 0.591. The summed E-state index contributed by atoms with van der Waals surface area (Å²) in [5.74, 6) is -1.75. The number of hydrogen-bond acceptors (Lipinski definition) is 5. The van der Waals surface area contributed by atoms with Crippen LogP contribution in [0.25, 0.3) is 0 Å². The Hall–Kier alpha value is -2.39. The summed E-state index contributed by atoms with van der Waals surface area (Å²) < 4.78 is 18.9. The lowest BCUT2D eigenvalue weighted by atomic mass is 10.0. The maximum absolute atomic E-state index is 13.5. The highest BCUT2D eigenvalue weighted by atomic mass is 35.5. The zero-order chi connectivity index (χ0) is 23.4. The topological polar surface area (TPSA) is 99.2 Å². The standard InChI is InChI=1S/C22H27ClFN3O5/c1-21(2,3)32-20(30)26-10-15-16(11-26)17(15)27-5-4-22(31,19(27)29)18(28)25-9-12-6-13(23)8-14(24)7-12/h6-8,15-17,31H,4-5,9-11H2,1-3H3,(H,25,28). The van der Waals surface area contributed by atoms with Crippen LogP contribution in [0.3, 0.4) is 0 Å². The molecule has 0 radical (unpaired) electrons. The lowest BCUT2D eigenvalue weighted by Crippen LogP contribution is -2.53. The summed E-state index contributed by atoms with van der Waals surface area (Å²) in [4.78, 5) is 41.0. The van der Waals surface area contributed by atoms with Gasteiger partial charge in [0.2, 0.25) is 5.60 Å². The number of likely N-dealkylation sites (tertiary alicyclic amines) is 2. The number of halogens is 2. The second kappa shape index (κ2) is 7.88. The quantitative estimate of drug-likeness (QED) is 0.659. The number of ether oxygens (including phenoxy) is 1. The highest BCUT2D eigenvalue weighted by Gasteiger charge is 2.64. The number of rotatable bonds is 4. The lowest BCUT2D eigenvalue weighted by molar-refractivity contribution is -0.154. The van der Waals surface area contributed by atoms with E-state index in [4.69, 9.17) is 16.3 Å². The van der Waals surface area contributed by atoms with Crippen molar-refractivity contribution in [1.29, 1.82) is 0 Å². The number of nitrogens with one attached hydrogen (secondary N) is 1. The second-order valence-corrected chi connectivity index (χ2v) is 10.2. The number of piperidine rings is 1. The van der Waals surface area contributed by atoms with Crippen LogP contribution in [0.5, 0.6) is 0 Å². The first-order chi connectivity index (χ1) is 14.9. The molecule has 2 N–H and O–H groups in total. The normalized spacial score (nSPS) is 29.2. The monoisotopic (exact) mass is 467 g/mol. The highest BCUT2D eigenvalue weighted by molar-refractivity contribution is 6.30. The van der Waals surface area contributed by atoms with Gasteiger partial charge in [-0.05, 0) is 44.5 Å². The molecule has 1 aromatic carbocycles. The predicted octanol–water partition coefficient (Wildman–Crippen LogP) is 1.92. The van der Waals surface area contributed by atoms with Crippen LogP contribution in [0.2, 0.25) is 5.02 Å². The van der Waals surface area contributed by atoms with Gasteiger partial charge in [-0.1, -0.05) is 11.6 Å². The number of carbonyl (C=O) groups excluding carboxylic acids is 3. The molecule has 2 aliphatic heterocycles. The van der Waals surface area contributed by atoms with Gasteiger partial charge in [0, 0.05) is 55.5 Å². The number of aliphatic hydroxyl groups is 1. The molecule has 0 aromatic heterocycles. The average molecular weight is 468 g/mol. The number of benzene rings is 1. The van der Waals surface area contributed by atoms with E-state index in [1.54, 1.807) is 9.80 Å². The molecule has 0 bridgehead atoms. The lowest BCUT2D eigenvalue weighted by Gasteiger charge is -2.28. The van der Waals surface area contributed by atoms with E-state index in [0.717, 1.165) is 6.07 Å². The van der Waals surface area contributed by atoms with Crippen LogP contribution in [-0.4, -0.2) is 69.7 Å².